The van der Waals surface area contributed by atoms with E-state index in [0.717, 1.165) is 24.2 Å². The smallest absolute Gasteiger partial charge is 0.295 e. The Morgan fingerprint density at radius 2 is 2.05 bits per heavy atom. The number of nitrogens with one attached hydrogen (secondary N) is 1. The molecular formula is C14H19N3O2. The maximum Gasteiger partial charge on any atom is 0.295 e. The van der Waals surface area contributed by atoms with Crippen molar-refractivity contribution in [3.63, 3.8) is 0 Å². The molecule has 1 N–H and O–H groups in total. The number of carbonyl (C=O) groups is 1. The topological polar surface area (TPSA) is 58.4 Å². The molecule has 5 nitrogen and oxygen atoms in total. The molecule has 5 heteroatoms. The first-order valence-corrected chi connectivity index (χ1v) is 6.61. The van der Waals surface area contributed by atoms with E-state index in [0.29, 0.717) is 19.0 Å². The summed E-state index contributed by atoms with van der Waals surface area (Å²) < 4.78 is 5.52. The first-order valence-electron chi connectivity index (χ1n) is 6.61. The summed E-state index contributed by atoms with van der Waals surface area (Å²) in [5.74, 6) is 0.147. The van der Waals surface area contributed by atoms with Crippen LogP contribution < -0.4 is 5.32 Å². The minimum Gasteiger partial charge on any atom is -0.424 e. The number of amides is 1. The SMILES string of the molecule is CCN(CC)C(=O)CCNc1nc2ccccc2o1. The first kappa shape index (κ1) is 13.4. The Morgan fingerprint density at radius 3 is 2.74 bits per heavy atom. The Labute approximate surface area is 112 Å². The fraction of sp³-hybridized carbons (Fsp3) is 0.429. The number of benzene rings is 1. The average Bonchev–Trinajstić information content (AvgIpc) is 2.82. The van der Waals surface area contributed by atoms with Crippen LogP contribution in [0.5, 0.6) is 0 Å². The molecule has 0 aliphatic rings. The zero-order valence-corrected chi connectivity index (χ0v) is 11.3. The highest BCUT2D eigenvalue weighted by molar-refractivity contribution is 5.77. The van der Waals surface area contributed by atoms with Gasteiger partial charge in [0.05, 0.1) is 0 Å². The second-order valence-corrected chi connectivity index (χ2v) is 4.23. The molecule has 0 saturated heterocycles. The highest BCUT2D eigenvalue weighted by Crippen LogP contribution is 2.17. The summed E-state index contributed by atoms with van der Waals surface area (Å²) in [6, 6.07) is 8.05. The van der Waals surface area contributed by atoms with Gasteiger partial charge in [0.25, 0.3) is 6.01 Å². The van der Waals surface area contributed by atoms with Gasteiger partial charge in [0.2, 0.25) is 5.91 Å². The molecule has 0 saturated carbocycles. The van der Waals surface area contributed by atoms with Crippen molar-refractivity contribution in [3.8, 4) is 0 Å². The van der Waals surface area contributed by atoms with Gasteiger partial charge >= 0.3 is 0 Å². The van der Waals surface area contributed by atoms with Crippen LogP contribution in [-0.2, 0) is 4.79 Å². The molecule has 1 heterocycles. The molecule has 1 aromatic heterocycles. The maximum atomic E-state index is 11.8. The van der Waals surface area contributed by atoms with Gasteiger partial charge in [-0.25, -0.2) is 0 Å². The fourth-order valence-corrected chi connectivity index (χ4v) is 1.96. The van der Waals surface area contributed by atoms with Crippen LogP contribution in [0.2, 0.25) is 0 Å². The molecule has 0 unspecified atom stereocenters. The van der Waals surface area contributed by atoms with Gasteiger partial charge in [0, 0.05) is 26.1 Å². The molecule has 102 valence electrons. The van der Waals surface area contributed by atoms with Crippen LogP contribution in [0.3, 0.4) is 0 Å². The van der Waals surface area contributed by atoms with E-state index in [1.54, 1.807) is 0 Å². The molecule has 0 radical (unpaired) electrons. The van der Waals surface area contributed by atoms with Crippen LogP contribution in [0.25, 0.3) is 11.1 Å². The number of fused-ring (bicyclic) bond motifs is 1. The summed E-state index contributed by atoms with van der Waals surface area (Å²) in [4.78, 5) is 17.9. The number of hydrogen-bond acceptors (Lipinski definition) is 4. The molecule has 0 bridgehead atoms. The number of anilines is 1. The fourth-order valence-electron chi connectivity index (χ4n) is 1.96. The third kappa shape index (κ3) is 3.24. The van der Waals surface area contributed by atoms with Crippen molar-refractivity contribution in [2.45, 2.75) is 20.3 Å². The summed E-state index contributed by atoms with van der Waals surface area (Å²) in [5, 5.41) is 3.04. The third-order valence-electron chi connectivity index (χ3n) is 3.03. The zero-order valence-electron chi connectivity index (χ0n) is 11.3. The number of hydrogen-bond donors (Lipinski definition) is 1. The Morgan fingerprint density at radius 1 is 1.32 bits per heavy atom. The molecular weight excluding hydrogens is 242 g/mol. The lowest BCUT2D eigenvalue weighted by Gasteiger charge is -2.18. The minimum atomic E-state index is 0.147. The molecule has 2 aromatic rings. The Balaban J connectivity index is 1.87. The van der Waals surface area contributed by atoms with Gasteiger partial charge in [0.1, 0.15) is 5.52 Å². The van der Waals surface area contributed by atoms with Gasteiger partial charge in [-0.1, -0.05) is 12.1 Å². The molecule has 0 spiro atoms. The molecule has 0 aliphatic heterocycles. The molecule has 0 aliphatic carbocycles. The van der Waals surface area contributed by atoms with Gasteiger partial charge in [-0.3, -0.25) is 4.79 Å². The summed E-state index contributed by atoms with van der Waals surface area (Å²) in [6.07, 6.45) is 0.445. The predicted molar refractivity (Wildman–Crippen MR) is 75.0 cm³/mol. The quantitative estimate of drug-likeness (QED) is 0.868. The Kier molecular flexibility index (Phi) is 4.39. The van der Waals surface area contributed by atoms with Gasteiger partial charge < -0.3 is 14.6 Å². The van der Waals surface area contributed by atoms with Gasteiger partial charge in [-0.05, 0) is 26.0 Å². The van der Waals surface area contributed by atoms with E-state index in [-0.39, 0.29) is 5.91 Å². The predicted octanol–water partition coefficient (Wildman–Crippen LogP) is 2.50. The molecule has 0 fully saturated rings. The Bertz CT molecular complexity index is 513. The third-order valence-corrected chi connectivity index (χ3v) is 3.03. The second kappa shape index (κ2) is 6.22. The Hall–Kier alpha value is -2.04. The summed E-state index contributed by atoms with van der Waals surface area (Å²) >= 11 is 0. The van der Waals surface area contributed by atoms with Crippen molar-refractivity contribution in [1.29, 1.82) is 0 Å². The lowest BCUT2D eigenvalue weighted by molar-refractivity contribution is -0.130. The van der Waals surface area contributed by atoms with E-state index in [2.05, 4.69) is 10.3 Å². The van der Waals surface area contributed by atoms with E-state index < -0.39 is 0 Å². The molecule has 1 aromatic carbocycles. The van der Waals surface area contributed by atoms with Crippen LogP contribution in [0.4, 0.5) is 6.01 Å². The zero-order chi connectivity index (χ0) is 13.7. The van der Waals surface area contributed by atoms with Crippen molar-refractivity contribution in [3.05, 3.63) is 24.3 Å². The number of rotatable bonds is 6. The normalized spacial score (nSPS) is 10.6. The van der Waals surface area contributed by atoms with Gasteiger partial charge in [-0.2, -0.15) is 4.98 Å². The van der Waals surface area contributed by atoms with Crippen LogP contribution in [-0.4, -0.2) is 35.4 Å². The highest BCUT2D eigenvalue weighted by atomic mass is 16.4. The van der Waals surface area contributed by atoms with Crippen molar-refractivity contribution >= 4 is 23.0 Å². The summed E-state index contributed by atoms with van der Waals surface area (Å²) in [5.41, 5.74) is 1.57. The van der Waals surface area contributed by atoms with Crippen LogP contribution in [0.15, 0.2) is 28.7 Å². The van der Waals surface area contributed by atoms with Gasteiger partial charge in [-0.15, -0.1) is 0 Å². The monoisotopic (exact) mass is 261 g/mol. The molecule has 0 atom stereocenters. The van der Waals surface area contributed by atoms with Crippen LogP contribution in [0.1, 0.15) is 20.3 Å². The number of oxazole rings is 1. The van der Waals surface area contributed by atoms with Crippen molar-refractivity contribution in [1.82, 2.24) is 9.88 Å². The van der Waals surface area contributed by atoms with E-state index in [9.17, 15) is 4.79 Å². The standard InChI is InChI=1S/C14H19N3O2/c1-3-17(4-2)13(18)9-10-15-14-16-11-7-5-6-8-12(11)19-14/h5-8H,3-4,9-10H2,1-2H3,(H,15,16). The van der Waals surface area contributed by atoms with E-state index in [4.69, 9.17) is 4.42 Å². The van der Waals surface area contributed by atoms with Crippen molar-refractivity contribution in [2.75, 3.05) is 25.0 Å². The number of carbonyl (C=O) groups excluding carboxylic acids is 1. The first-order chi connectivity index (χ1) is 9.24. The van der Waals surface area contributed by atoms with Crippen LogP contribution in [0, 0.1) is 0 Å². The van der Waals surface area contributed by atoms with Crippen molar-refractivity contribution < 1.29 is 9.21 Å². The number of nitrogens with zero attached hydrogens (tertiary/aromatic N) is 2. The van der Waals surface area contributed by atoms with Crippen molar-refractivity contribution in [2.24, 2.45) is 0 Å². The van der Waals surface area contributed by atoms with Gasteiger partial charge in [0.15, 0.2) is 5.58 Å². The maximum absolute atomic E-state index is 11.8. The van der Waals surface area contributed by atoms with E-state index in [1.807, 2.05) is 43.0 Å². The van der Waals surface area contributed by atoms with E-state index in [1.165, 1.54) is 0 Å². The molecule has 19 heavy (non-hydrogen) atoms. The summed E-state index contributed by atoms with van der Waals surface area (Å²) in [6.45, 7) is 5.99. The largest absolute Gasteiger partial charge is 0.424 e. The minimum absolute atomic E-state index is 0.147. The van der Waals surface area contributed by atoms with Crippen LogP contribution >= 0.6 is 0 Å². The van der Waals surface area contributed by atoms with E-state index >= 15 is 0 Å². The average molecular weight is 261 g/mol. The lowest BCUT2D eigenvalue weighted by Crippen LogP contribution is -2.31. The number of aromatic nitrogens is 1. The summed E-state index contributed by atoms with van der Waals surface area (Å²) in [7, 11) is 0. The molecule has 1 amide bonds. The lowest BCUT2D eigenvalue weighted by atomic mass is 10.3. The second-order valence-electron chi connectivity index (χ2n) is 4.23. The molecule has 2 rings (SSSR count). The highest BCUT2D eigenvalue weighted by Gasteiger charge is 2.10. The number of para-hydroxylation sites is 2.